The van der Waals surface area contributed by atoms with Crippen molar-refractivity contribution in [2.45, 2.75) is 181 Å². The van der Waals surface area contributed by atoms with Gasteiger partial charge in [-0.25, -0.2) is 0 Å². The fourth-order valence-electron chi connectivity index (χ4n) is 13.0. The van der Waals surface area contributed by atoms with Gasteiger partial charge in [0, 0.05) is 72.8 Å². The number of amides is 6. The number of hydrogen-bond acceptors (Lipinski definition) is 9. The Bertz CT molecular complexity index is 3780. The van der Waals surface area contributed by atoms with E-state index in [1.54, 1.807) is 0 Å². The van der Waals surface area contributed by atoms with Gasteiger partial charge in [-0.1, -0.05) is 96.1 Å². The molecule has 3 heterocycles. The number of carbonyl (C=O) groups excluding carboxylic acids is 6. The quantitative estimate of drug-likeness (QED) is 0.0137. The molecule has 0 bridgehead atoms. The topological polar surface area (TPSA) is 300 Å². The Morgan fingerprint density at radius 1 is 0.357 bits per heavy atom. The summed E-state index contributed by atoms with van der Waals surface area (Å²) in [5, 5.41) is 21.4. The number of benzene rings is 6. The summed E-state index contributed by atoms with van der Waals surface area (Å²) in [6.07, 6.45) is 5.49. The first kappa shape index (κ1) is 74.7. The van der Waals surface area contributed by atoms with Gasteiger partial charge in [0.15, 0.2) is 0 Å². The Morgan fingerprint density at radius 2 is 0.602 bits per heavy atom. The van der Waals surface area contributed by atoms with Crippen LogP contribution in [-0.4, -0.2) is 88.2 Å². The summed E-state index contributed by atoms with van der Waals surface area (Å²) < 4.78 is 0. The van der Waals surface area contributed by atoms with Gasteiger partial charge in [-0.2, -0.15) is 0 Å². The molecule has 0 aliphatic heterocycles. The minimum atomic E-state index is -0.822. The van der Waals surface area contributed by atoms with Crippen molar-refractivity contribution in [1.29, 1.82) is 0 Å². The van der Waals surface area contributed by atoms with E-state index >= 15 is 0 Å². The van der Waals surface area contributed by atoms with Crippen LogP contribution in [0.3, 0.4) is 0 Å². The molecule has 0 saturated carbocycles. The zero-order valence-electron chi connectivity index (χ0n) is 58.4. The number of unbranched alkanes of at least 4 members (excludes halogenated alkanes) is 3. The third-order valence-electron chi connectivity index (χ3n) is 18.8. The van der Waals surface area contributed by atoms with Crippen LogP contribution >= 0.6 is 12.4 Å². The van der Waals surface area contributed by atoms with Crippen LogP contribution in [0.15, 0.2) is 127 Å². The highest BCUT2D eigenvalue weighted by atomic mass is 35.5. The minimum Gasteiger partial charge on any atom is -0.358 e. The van der Waals surface area contributed by atoms with Crippen molar-refractivity contribution < 1.29 is 28.8 Å². The summed E-state index contributed by atoms with van der Waals surface area (Å²) in [7, 11) is 0. The second kappa shape index (κ2) is 34.9. The van der Waals surface area contributed by atoms with Crippen LogP contribution in [0, 0.1) is 20.8 Å². The smallest absolute Gasteiger partial charge is 0.246 e. The third-order valence-corrected chi connectivity index (χ3v) is 18.8. The van der Waals surface area contributed by atoms with Crippen molar-refractivity contribution in [2.24, 2.45) is 17.2 Å². The summed E-state index contributed by atoms with van der Waals surface area (Å²) in [6.45, 7) is 20.1. The van der Waals surface area contributed by atoms with Gasteiger partial charge in [-0.15, -0.1) is 12.4 Å². The lowest BCUT2D eigenvalue weighted by Crippen LogP contribution is -2.44. The van der Waals surface area contributed by atoms with Crippen LogP contribution in [0.4, 0.5) is 17.1 Å². The van der Waals surface area contributed by atoms with Crippen LogP contribution in [-0.2, 0) is 48.0 Å². The standard InChI is InChI=1S/C79H100N12O6.ClH/c1-46(2)55-25-34-67-64(40-55)61(49(7)83-67)43-73(92)89-70(16-10-13-37-80)77(95)86-58-28-19-52(20-29-58)76(53-21-30-59(31-22-53)87-78(96)71(17-11-14-38-81)90-74(93)44-62-50(8)84-68-35-26-56(47(3)4)41-65(62)68)54-23-32-60(33-24-54)88-79(97)72(18-12-15-39-82)91-75(94)45-63-51(9)85-69-36-27-57(48(5)6)42-66(63)69;/h19-36,40-42,46-48,70-72,76,83-85H,10-18,37-39,43-45,80-82H2,1-9H3,(H,86,95)(H,87,96)(H,88,97)(H,89,92)(H,90,93)(H,91,94);1H/t70-,71-,72-;/m1./s1. The lowest BCUT2D eigenvalue weighted by Gasteiger charge is -2.22. The maximum absolute atomic E-state index is 14.3. The van der Waals surface area contributed by atoms with E-state index < -0.39 is 24.0 Å². The molecule has 3 aromatic heterocycles. The summed E-state index contributed by atoms with van der Waals surface area (Å²) in [5.74, 6) is -1.28. The van der Waals surface area contributed by atoms with Crippen molar-refractivity contribution in [3.8, 4) is 0 Å². The minimum absolute atomic E-state index is 0. The molecule has 6 amide bonds. The number of aromatic nitrogens is 3. The van der Waals surface area contributed by atoms with Gasteiger partial charge in [0.05, 0.1) is 19.3 Å². The number of nitrogens with one attached hydrogen (secondary N) is 9. The number of carbonyl (C=O) groups is 6. The highest BCUT2D eigenvalue weighted by Crippen LogP contribution is 2.36. The molecule has 0 unspecified atom stereocenters. The van der Waals surface area contributed by atoms with Crippen molar-refractivity contribution in [2.75, 3.05) is 35.6 Å². The zero-order valence-corrected chi connectivity index (χ0v) is 59.2. The third kappa shape index (κ3) is 19.2. The maximum Gasteiger partial charge on any atom is 0.246 e. The van der Waals surface area contributed by atoms with Crippen molar-refractivity contribution >= 4 is 97.6 Å². The average Bonchev–Trinajstić information content (AvgIpc) is 1.56. The first-order valence-electron chi connectivity index (χ1n) is 34.7. The Hall–Kier alpha value is -9.07. The predicted octanol–water partition coefficient (Wildman–Crippen LogP) is 13.4. The number of aromatic amines is 3. The average molecular weight is 1350 g/mol. The van der Waals surface area contributed by atoms with Gasteiger partial charge in [0.2, 0.25) is 35.4 Å². The molecule has 9 aromatic rings. The fourth-order valence-corrected chi connectivity index (χ4v) is 13.0. The van der Waals surface area contributed by atoms with E-state index in [0.29, 0.717) is 112 Å². The van der Waals surface area contributed by atoms with Crippen LogP contribution in [0.1, 0.15) is 190 Å². The van der Waals surface area contributed by atoms with Gasteiger partial charge in [-0.3, -0.25) is 28.8 Å². The lowest BCUT2D eigenvalue weighted by molar-refractivity contribution is -0.126. The van der Waals surface area contributed by atoms with Gasteiger partial charge in [-0.05, 0) is 239 Å². The van der Waals surface area contributed by atoms with Crippen molar-refractivity contribution in [3.05, 3.63) is 195 Å². The summed E-state index contributed by atoms with van der Waals surface area (Å²) in [4.78, 5) is 94.8. The Morgan fingerprint density at radius 3 is 0.837 bits per heavy atom. The molecule has 520 valence electrons. The summed E-state index contributed by atoms with van der Waals surface area (Å²) >= 11 is 0. The second-order valence-electron chi connectivity index (χ2n) is 27.1. The zero-order chi connectivity index (χ0) is 69.4. The molecule has 98 heavy (non-hydrogen) atoms. The predicted molar refractivity (Wildman–Crippen MR) is 400 cm³/mol. The number of halogens is 1. The lowest BCUT2D eigenvalue weighted by atomic mass is 9.85. The monoisotopic (exact) mass is 1350 g/mol. The van der Waals surface area contributed by atoms with E-state index in [1.165, 1.54) is 16.7 Å². The number of rotatable bonds is 33. The van der Waals surface area contributed by atoms with Gasteiger partial charge >= 0.3 is 0 Å². The molecule has 0 aliphatic rings. The van der Waals surface area contributed by atoms with E-state index in [9.17, 15) is 28.8 Å². The molecule has 0 aliphatic carbocycles. The second-order valence-corrected chi connectivity index (χ2v) is 27.1. The van der Waals surface area contributed by atoms with Crippen molar-refractivity contribution in [3.63, 3.8) is 0 Å². The van der Waals surface area contributed by atoms with Gasteiger partial charge in [0.25, 0.3) is 0 Å². The number of nitrogens with two attached hydrogens (primary N) is 3. The number of fused-ring (bicyclic) bond motifs is 3. The van der Waals surface area contributed by atoms with Crippen LogP contribution < -0.4 is 49.1 Å². The molecule has 6 aromatic carbocycles. The molecule has 18 nitrogen and oxygen atoms in total. The van der Waals surface area contributed by atoms with E-state index in [4.69, 9.17) is 17.2 Å². The number of H-pyrrole nitrogens is 3. The molecule has 19 heteroatoms. The normalized spacial score (nSPS) is 12.5. The first-order chi connectivity index (χ1) is 46.6. The fraction of sp³-hybridized carbons (Fsp3) is 0.392. The Balaban J connectivity index is 0.0000122. The van der Waals surface area contributed by atoms with E-state index in [-0.39, 0.29) is 67.1 Å². The summed E-state index contributed by atoms with van der Waals surface area (Å²) in [5.41, 5.74) is 33.7. The molecular weight excluding hydrogens is 1250 g/mol. The number of hydrogen-bond donors (Lipinski definition) is 12. The van der Waals surface area contributed by atoms with E-state index in [0.717, 1.165) is 83.2 Å². The van der Waals surface area contributed by atoms with E-state index in [1.807, 2.05) is 93.6 Å². The molecule has 0 saturated heterocycles. The van der Waals surface area contributed by atoms with Gasteiger partial charge < -0.3 is 64.1 Å². The Kier molecular flexibility index (Phi) is 26.6. The molecule has 0 fully saturated rings. The maximum atomic E-state index is 14.3. The van der Waals surface area contributed by atoms with Crippen LogP contribution in [0.2, 0.25) is 0 Å². The molecule has 9 rings (SSSR count). The van der Waals surface area contributed by atoms with Gasteiger partial charge in [0.1, 0.15) is 18.1 Å². The van der Waals surface area contributed by atoms with Crippen LogP contribution in [0.25, 0.3) is 32.7 Å². The van der Waals surface area contributed by atoms with E-state index in [2.05, 4.69) is 143 Å². The highest BCUT2D eigenvalue weighted by Gasteiger charge is 2.28. The molecule has 15 N–H and O–H groups in total. The number of aryl methyl sites for hydroxylation is 3. The van der Waals surface area contributed by atoms with Crippen molar-refractivity contribution in [1.82, 2.24) is 30.9 Å². The number of anilines is 3. The van der Waals surface area contributed by atoms with Crippen LogP contribution in [0.5, 0.6) is 0 Å². The molecule has 3 atom stereocenters. The molecule has 0 spiro atoms. The largest absolute Gasteiger partial charge is 0.358 e. The Labute approximate surface area is 582 Å². The molecular formula is C79H101ClN12O6. The highest BCUT2D eigenvalue weighted by molar-refractivity contribution is 6.01. The first-order valence-corrected chi connectivity index (χ1v) is 34.7. The SMILES string of the molecule is Cc1[nH]c2ccc(C(C)C)cc2c1CC(=O)N[C@H](CCCCN)C(=O)Nc1ccc(C(c2ccc(NC(=O)[C@@H](CCCCN)NC(=O)Cc3c(C)[nH]c4ccc(C(C)C)cc34)cc2)c2ccc(NC(=O)[C@@H](CCCCN)NC(=O)Cc3c(C)[nH]c4ccc(C(C)C)cc34)cc2)cc1.Cl. The molecule has 0 radical (unpaired) electrons. The summed E-state index contributed by atoms with van der Waals surface area (Å²) in [6, 6.07) is 39.1.